The molecule has 3 rings (SSSR count). The van der Waals surface area contributed by atoms with Crippen LogP contribution in [-0.4, -0.2) is 24.8 Å². The number of esters is 1. The van der Waals surface area contributed by atoms with E-state index in [0.717, 1.165) is 18.4 Å². The van der Waals surface area contributed by atoms with Crippen LogP contribution >= 0.6 is 0 Å². The van der Waals surface area contributed by atoms with Crippen molar-refractivity contribution in [3.05, 3.63) is 64.7 Å². The second-order valence-corrected chi connectivity index (χ2v) is 6.16. The van der Waals surface area contributed by atoms with Gasteiger partial charge in [0.1, 0.15) is 0 Å². The Hall–Kier alpha value is -2.95. The Morgan fingerprint density at radius 1 is 1.00 bits per heavy atom. The molecule has 1 amide bonds. The van der Waals surface area contributed by atoms with E-state index in [-0.39, 0.29) is 11.7 Å². The highest BCUT2D eigenvalue weighted by molar-refractivity contribution is 6.07. The lowest BCUT2D eigenvalue weighted by Crippen LogP contribution is -2.15. The van der Waals surface area contributed by atoms with E-state index in [9.17, 15) is 14.4 Å². The summed E-state index contributed by atoms with van der Waals surface area (Å²) in [6, 6.07) is 11.8. The first-order valence-corrected chi connectivity index (χ1v) is 8.14. The number of anilines is 1. The summed E-state index contributed by atoms with van der Waals surface area (Å²) in [5, 5.41) is 2.88. The van der Waals surface area contributed by atoms with E-state index in [2.05, 4.69) is 10.1 Å². The first-order valence-electron chi connectivity index (χ1n) is 8.14. The number of hydrogen-bond donors (Lipinski definition) is 1. The molecule has 2 aromatic carbocycles. The molecule has 0 saturated heterocycles. The number of carbonyl (C=O) groups is 3. The Balaban J connectivity index is 1.89. The molecule has 0 spiro atoms. The molecule has 1 aliphatic rings. The average molecular weight is 337 g/mol. The third kappa shape index (κ3) is 3.76. The summed E-state index contributed by atoms with van der Waals surface area (Å²) in [4.78, 5) is 35.9. The lowest BCUT2D eigenvalue weighted by molar-refractivity contribution is 0.0600. The normalized spacial score (nSPS) is 13.2. The molecule has 0 aliphatic heterocycles. The molecule has 0 heterocycles. The SMILES string of the molecule is COC(=O)c1cccc(C(=O)Nc2cc(C(C)=O)ccc2C2CC2)c1. The molecule has 2 aromatic rings. The first-order chi connectivity index (χ1) is 12.0. The van der Waals surface area contributed by atoms with Crippen LogP contribution in [0.3, 0.4) is 0 Å². The molecular formula is C20H19NO4. The van der Waals surface area contributed by atoms with Gasteiger partial charge in [0.25, 0.3) is 5.91 Å². The van der Waals surface area contributed by atoms with Crippen LogP contribution in [0.15, 0.2) is 42.5 Å². The largest absolute Gasteiger partial charge is 0.465 e. The second-order valence-electron chi connectivity index (χ2n) is 6.16. The lowest BCUT2D eigenvalue weighted by Gasteiger charge is -2.12. The highest BCUT2D eigenvalue weighted by Crippen LogP contribution is 2.43. The van der Waals surface area contributed by atoms with Gasteiger partial charge in [0, 0.05) is 16.8 Å². The van der Waals surface area contributed by atoms with Gasteiger partial charge in [-0.1, -0.05) is 18.2 Å². The maximum atomic E-state index is 12.6. The van der Waals surface area contributed by atoms with Crippen molar-refractivity contribution in [3.8, 4) is 0 Å². The summed E-state index contributed by atoms with van der Waals surface area (Å²) >= 11 is 0. The number of benzene rings is 2. The van der Waals surface area contributed by atoms with Crippen LogP contribution < -0.4 is 5.32 Å². The van der Waals surface area contributed by atoms with Gasteiger partial charge >= 0.3 is 5.97 Å². The fourth-order valence-electron chi connectivity index (χ4n) is 2.73. The summed E-state index contributed by atoms with van der Waals surface area (Å²) in [6.07, 6.45) is 2.17. The highest BCUT2D eigenvalue weighted by Gasteiger charge is 2.27. The minimum Gasteiger partial charge on any atom is -0.465 e. The molecule has 0 radical (unpaired) electrons. The number of amides is 1. The molecule has 0 unspecified atom stereocenters. The average Bonchev–Trinajstić information content (AvgIpc) is 3.46. The second kappa shape index (κ2) is 6.89. The van der Waals surface area contributed by atoms with E-state index < -0.39 is 5.97 Å². The van der Waals surface area contributed by atoms with Gasteiger partial charge in [0.15, 0.2) is 5.78 Å². The number of ether oxygens (including phenoxy) is 1. The Bertz CT molecular complexity index is 853. The summed E-state index contributed by atoms with van der Waals surface area (Å²) in [5.74, 6) is -0.441. The summed E-state index contributed by atoms with van der Waals surface area (Å²) < 4.78 is 4.68. The fourth-order valence-corrected chi connectivity index (χ4v) is 2.73. The van der Waals surface area contributed by atoms with E-state index in [4.69, 9.17) is 0 Å². The minimum absolute atomic E-state index is 0.0504. The first kappa shape index (κ1) is 16.9. The van der Waals surface area contributed by atoms with Crippen molar-refractivity contribution in [1.82, 2.24) is 0 Å². The number of hydrogen-bond acceptors (Lipinski definition) is 4. The quantitative estimate of drug-likeness (QED) is 0.665. The third-order valence-electron chi connectivity index (χ3n) is 4.27. The number of rotatable bonds is 5. The van der Waals surface area contributed by atoms with Crippen LogP contribution in [0.25, 0.3) is 0 Å². The molecule has 128 valence electrons. The molecule has 1 N–H and O–H groups in total. The van der Waals surface area contributed by atoms with Gasteiger partial charge in [0.2, 0.25) is 0 Å². The fraction of sp³-hybridized carbons (Fsp3) is 0.250. The van der Waals surface area contributed by atoms with Crippen LogP contribution in [0.4, 0.5) is 5.69 Å². The third-order valence-corrected chi connectivity index (χ3v) is 4.27. The Kier molecular flexibility index (Phi) is 4.65. The molecule has 5 nitrogen and oxygen atoms in total. The smallest absolute Gasteiger partial charge is 0.337 e. The zero-order valence-corrected chi connectivity index (χ0v) is 14.2. The molecule has 0 aromatic heterocycles. The Morgan fingerprint density at radius 2 is 1.72 bits per heavy atom. The Labute approximate surface area is 146 Å². The van der Waals surface area contributed by atoms with Crippen molar-refractivity contribution in [3.63, 3.8) is 0 Å². The van der Waals surface area contributed by atoms with Crippen molar-refractivity contribution in [2.24, 2.45) is 0 Å². The number of methoxy groups -OCH3 is 1. The van der Waals surface area contributed by atoms with E-state index in [1.165, 1.54) is 20.1 Å². The van der Waals surface area contributed by atoms with Crippen LogP contribution in [0.5, 0.6) is 0 Å². The van der Waals surface area contributed by atoms with Gasteiger partial charge in [-0.15, -0.1) is 0 Å². The number of carbonyl (C=O) groups excluding carboxylic acids is 3. The van der Waals surface area contributed by atoms with E-state index in [1.54, 1.807) is 30.3 Å². The molecule has 5 heteroatoms. The molecule has 25 heavy (non-hydrogen) atoms. The van der Waals surface area contributed by atoms with E-state index >= 15 is 0 Å². The predicted molar refractivity (Wildman–Crippen MR) is 94.2 cm³/mol. The standard InChI is InChI=1S/C20H19NO4/c1-12(22)14-8-9-17(13-6-7-13)18(11-14)21-19(23)15-4-3-5-16(10-15)20(24)25-2/h3-5,8-11,13H,6-7H2,1-2H3,(H,21,23). The van der Waals surface area contributed by atoms with Gasteiger partial charge in [0.05, 0.1) is 12.7 Å². The highest BCUT2D eigenvalue weighted by atomic mass is 16.5. The zero-order chi connectivity index (χ0) is 18.0. The van der Waals surface area contributed by atoms with Crippen molar-refractivity contribution >= 4 is 23.3 Å². The predicted octanol–water partition coefficient (Wildman–Crippen LogP) is 3.81. The van der Waals surface area contributed by atoms with Gasteiger partial charge in [-0.05, 0) is 55.5 Å². The molecule has 0 atom stereocenters. The monoisotopic (exact) mass is 337 g/mol. The molecular weight excluding hydrogens is 318 g/mol. The number of ketones is 1. The minimum atomic E-state index is -0.494. The van der Waals surface area contributed by atoms with Crippen LogP contribution in [0, 0.1) is 0 Å². The zero-order valence-electron chi connectivity index (χ0n) is 14.2. The van der Waals surface area contributed by atoms with Crippen LogP contribution in [0.2, 0.25) is 0 Å². The number of Topliss-reactive ketones (excluding diaryl/α,β-unsaturated/α-hetero) is 1. The van der Waals surface area contributed by atoms with Crippen LogP contribution in [0.1, 0.15) is 62.3 Å². The van der Waals surface area contributed by atoms with E-state index in [1.807, 2.05) is 6.07 Å². The lowest BCUT2D eigenvalue weighted by atomic mass is 10.0. The molecule has 1 aliphatic carbocycles. The maximum absolute atomic E-state index is 12.6. The number of nitrogens with one attached hydrogen (secondary N) is 1. The van der Waals surface area contributed by atoms with Crippen molar-refractivity contribution < 1.29 is 19.1 Å². The van der Waals surface area contributed by atoms with Crippen molar-refractivity contribution in [2.75, 3.05) is 12.4 Å². The van der Waals surface area contributed by atoms with Crippen molar-refractivity contribution in [1.29, 1.82) is 0 Å². The van der Waals surface area contributed by atoms with Gasteiger partial charge < -0.3 is 10.1 Å². The maximum Gasteiger partial charge on any atom is 0.337 e. The topological polar surface area (TPSA) is 72.5 Å². The van der Waals surface area contributed by atoms with Crippen LogP contribution in [-0.2, 0) is 4.74 Å². The van der Waals surface area contributed by atoms with Gasteiger partial charge in [-0.2, -0.15) is 0 Å². The van der Waals surface area contributed by atoms with Gasteiger partial charge in [-0.3, -0.25) is 9.59 Å². The molecule has 1 fully saturated rings. The summed E-state index contributed by atoms with van der Waals surface area (Å²) in [6.45, 7) is 1.50. The Morgan fingerprint density at radius 3 is 2.36 bits per heavy atom. The summed E-state index contributed by atoms with van der Waals surface area (Å²) in [5.41, 5.74) is 2.93. The van der Waals surface area contributed by atoms with Crippen molar-refractivity contribution in [2.45, 2.75) is 25.7 Å². The molecule has 1 saturated carbocycles. The van der Waals surface area contributed by atoms with Gasteiger partial charge in [-0.25, -0.2) is 4.79 Å². The molecule has 0 bridgehead atoms. The summed E-state index contributed by atoms with van der Waals surface area (Å²) in [7, 11) is 1.30. The van der Waals surface area contributed by atoms with E-state index in [0.29, 0.717) is 28.3 Å².